The highest BCUT2D eigenvalue weighted by atomic mass is 15.2. The summed E-state index contributed by atoms with van der Waals surface area (Å²) in [5, 5.41) is 3.44. The summed E-state index contributed by atoms with van der Waals surface area (Å²) in [7, 11) is 0. The fourth-order valence-corrected chi connectivity index (χ4v) is 2.47. The summed E-state index contributed by atoms with van der Waals surface area (Å²) >= 11 is 0. The molecule has 100 valence electrons. The van der Waals surface area contributed by atoms with Gasteiger partial charge in [0.1, 0.15) is 5.82 Å². The van der Waals surface area contributed by atoms with E-state index in [9.17, 15) is 0 Å². The van der Waals surface area contributed by atoms with Crippen LogP contribution in [0.3, 0.4) is 0 Å². The van der Waals surface area contributed by atoms with Crippen molar-refractivity contribution in [1.29, 1.82) is 0 Å². The zero-order valence-corrected chi connectivity index (χ0v) is 11.8. The molecule has 0 bridgehead atoms. The van der Waals surface area contributed by atoms with Crippen LogP contribution in [0.1, 0.15) is 32.8 Å². The van der Waals surface area contributed by atoms with Gasteiger partial charge in [-0.15, -0.1) is 0 Å². The third kappa shape index (κ3) is 3.22. The molecule has 1 aromatic rings. The molecule has 1 saturated heterocycles. The molecule has 2 heterocycles. The summed E-state index contributed by atoms with van der Waals surface area (Å²) in [5.74, 6) is 2.68. The highest BCUT2D eigenvalue weighted by Crippen LogP contribution is 2.26. The van der Waals surface area contributed by atoms with Crippen LogP contribution in [-0.2, 0) is 6.54 Å². The highest BCUT2D eigenvalue weighted by Gasteiger charge is 2.26. The summed E-state index contributed by atoms with van der Waals surface area (Å²) < 4.78 is 0. The van der Waals surface area contributed by atoms with Crippen molar-refractivity contribution < 1.29 is 0 Å². The molecule has 2 atom stereocenters. The fourth-order valence-electron chi connectivity index (χ4n) is 2.47. The number of hydrogen-bond donors (Lipinski definition) is 1. The number of nitrogens with zero attached hydrogens (tertiary/aromatic N) is 2. The first-order chi connectivity index (χ1) is 8.70. The van der Waals surface area contributed by atoms with Crippen molar-refractivity contribution in [2.45, 2.75) is 33.7 Å². The molecule has 0 spiro atoms. The predicted octanol–water partition coefficient (Wildman–Crippen LogP) is 2.67. The highest BCUT2D eigenvalue weighted by molar-refractivity contribution is 5.42. The Kier molecular flexibility index (Phi) is 4.59. The third-order valence-electron chi connectivity index (χ3n) is 3.88. The van der Waals surface area contributed by atoms with Crippen molar-refractivity contribution in [3.63, 3.8) is 0 Å². The first kappa shape index (κ1) is 13.3. The van der Waals surface area contributed by atoms with E-state index in [1.807, 2.05) is 6.20 Å². The van der Waals surface area contributed by atoms with E-state index < -0.39 is 0 Å². The Morgan fingerprint density at radius 1 is 1.33 bits per heavy atom. The molecule has 1 N–H and O–H groups in total. The van der Waals surface area contributed by atoms with Gasteiger partial charge in [0.05, 0.1) is 0 Å². The van der Waals surface area contributed by atoms with Crippen LogP contribution in [0.4, 0.5) is 5.82 Å². The molecule has 0 aromatic carbocycles. The Labute approximate surface area is 111 Å². The van der Waals surface area contributed by atoms with E-state index in [2.05, 4.69) is 48.1 Å². The Balaban J connectivity index is 1.99. The number of pyridine rings is 1. The summed E-state index contributed by atoms with van der Waals surface area (Å²) in [4.78, 5) is 6.93. The number of anilines is 1. The Bertz CT molecular complexity index is 368. The maximum Gasteiger partial charge on any atom is 0.128 e. The standard InChI is InChI=1S/C15H25N3/c1-4-6-16-9-14-5-7-17-15(8-14)18-10-12(2)13(3)11-18/h5,7-8,12-13,16H,4,6,9-11H2,1-3H3. The van der Waals surface area contributed by atoms with Crippen molar-refractivity contribution in [2.24, 2.45) is 11.8 Å². The third-order valence-corrected chi connectivity index (χ3v) is 3.88. The molecule has 1 aliphatic heterocycles. The molecular formula is C15H25N3. The lowest BCUT2D eigenvalue weighted by Crippen LogP contribution is -2.21. The van der Waals surface area contributed by atoms with Crippen molar-refractivity contribution >= 4 is 5.82 Å². The van der Waals surface area contributed by atoms with E-state index in [-0.39, 0.29) is 0 Å². The van der Waals surface area contributed by atoms with Gasteiger partial charge in [0.25, 0.3) is 0 Å². The normalized spacial score (nSPS) is 23.6. The second-order valence-electron chi connectivity index (χ2n) is 5.56. The van der Waals surface area contributed by atoms with Gasteiger partial charge in [-0.1, -0.05) is 20.8 Å². The molecular weight excluding hydrogens is 222 g/mol. The van der Waals surface area contributed by atoms with E-state index in [0.717, 1.165) is 43.8 Å². The molecule has 1 aliphatic rings. The minimum Gasteiger partial charge on any atom is -0.356 e. The van der Waals surface area contributed by atoms with E-state index in [0.29, 0.717) is 0 Å². The molecule has 18 heavy (non-hydrogen) atoms. The number of hydrogen-bond acceptors (Lipinski definition) is 3. The van der Waals surface area contributed by atoms with Gasteiger partial charge < -0.3 is 10.2 Å². The summed E-state index contributed by atoms with van der Waals surface area (Å²) in [6.45, 7) is 11.2. The van der Waals surface area contributed by atoms with Gasteiger partial charge in [-0.2, -0.15) is 0 Å². The topological polar surface area (TPSA) is 28.2 Å². The van der Waals surface area contributed by atoms with Crippen LogP contribution in [0, 0.1) is 11.8 Å². The van der Waals surface area contributed by atoms with Crippen LogP contribution >= 0.6 is 0 Å². The molecule has 0 radical (unpaired) electrons. The maximum absolute atomic E-state index is 4.52. The van der Waals surface area contributed by atoms with Gasteiger partial charge in [0.2, 0.25) is 0 Å². The monoisotopic (exact) mass is 247 g/mol. The van der Waals surface area contributed by atoms with Crippen LogP contribution in [0.25, 0.3) is 0 Å². The number of rotatable bonds is 5. The van der Waals surface area contributed by atoms with Gasteiger partial charge in [0.15, 0.2) is 0 Å². The van der Waals surface area contributed by atoms with Crippen molar-refractivity contribution in [1.82, 2.24) is 10.3 Å². The Hall–Kier alpha value is -1.09. The van der Waals surface area contributed by atoms with E-state index >= 15 is 0 Å². The zero-order valence-electron chi connectivity index (χ0n) is 11.8. The largest absolute Gasteiger partial charge is 0.356 e. The van der Waals surface area contributed by atoms with Crippen LogP contribution in [0.2, 0.25) is 0 Å². The quantitative estimate of drug-likeness (QED) is 0.811. The molecule has 3 heteroatoms. The predicted molar refractivity (Wildman–Crippen MR) is 76.8 cm³/mol. The Morgan fingerprint density at radius 3 is 2.72 bits per heavy atom. The van der Waals surface area contributed by atoms with Crippen LogP contribution < -0.4 is 10.2 Å². The van der Waals surface area contributed by atoms with Gasteiger partial charge in [0, 0.05) is 25.8 Å². The average molecular weight is 247 g/mol. The van der Waals surface area contributed by atoms with Crippen molar-refractivity contribution in [2.75, 3.05) is 24.5 Å². The summed E-state index contributed by atoms with van der Waals surface area (Å²) in [6.07, 6.45) is 3.12. The van der Waals surface area contributed by atoms with Gasteiger partial charge in [-0.25, -0.2) is 4.98 Å². The van der Waals surface area contributed by atoms with Crippen molar-refractivity contribution in [3.8, 4) is 0 Å². The fraction of sp³-hybridized carbons (Fsp3) is 0.667. The molecule has 0 aliphatic carbocycles. The molecule has 2 rings (SSSR count). The first-order valence-electron chi connectivity index (χ1n) is 7.11. The molecule has 1 aromatic heterocycles. The molecule has 0 saturated carbocycles. The minimum atomic E-state index is 0.772. The second kappa shape index (κ2) is 6.19. The Morgan fingerprint density at radius 2 is 2.06 bits per heavy atom. The zero-order chi connectivity index (χ0) is 13.0. The smallest absolute Gasteiger partial charge is 0.128 e. The molecule has 0 amide bonds. The number of aromatic nitrogens is 1. The van der Waals surface area contributed by atoms with Gasteiger partial charge in [-0.3, -0.25) is 0 Å². The second-order valence-corrected chi connectivity index (χ2v) is 5.56. The molecule has 1 fully saturated rings. The van der Waals surface area contributed by atoms with Crippen LogP contribution in [0.15, 0.2) is 18.3 Å². The number of nitrogens with one attached hydrogen (secondary N) is 1. The average Bonchev–Trinajstić information content (AvgIpc) is 2.71. The summed E-state index contributed by atoms with van der Waals surface area (Å²) in [5.41, 5.74) is 1.33. The lowest BCUT2D eigenvalue weighted by molar-refractivity contribution is 0.494. The lowest BCUT2D eigenvalue weighted by Gasteiger charge is -2.17. The van der Waals surface area contributed by atoms with E-state index in [1.54, 1.807) is 0 Å². The van der Waals surface area contributed by atoms with E-state index in [4.69, 9.17) is 0 Å². The molecule has 3 nitrogen and oxygen atoms in total. The van der Waals surface area contributed by atoms with E-state index in [1.165, 1.54) is 12.0 Å². The molecule has 2 unspecified atom stereocenters. The van der Waals surface area contributed by atoms with Crippen LogP contribution in [-0.4, -0.2) is 24.6 Å². The van der Waals surface area contributed by atoms with Gasteiger partial charge >= 0.3 is 0 Å². The van der Waals surface area contributed by atoms with Crippen molar-refractivity contribution in [3.05, 3.63) is 23.9 Å². The minimum absolute atomic E-state index is 0.772. The lowest BCUT2D eigenvalue weighted by atomic mass is 10.0. The SMILES string of the molecule is CCCNCc1ccnc(N2CC(C)C(C)C2)c1. The van der Waals surface area contributed by atoms with Gasteiger partial charge in [-0.05, 0) is 42.5 Å². The van der Waals surface area contributed by atoms with Crippen LogP contribution in [0.5, 0.6) is 0 Å². The summed E-state index contributed by atoms with van der Waals surface area (Å²) in [6, 6.07) is 4.34. The maximum atomic E-state index is 4.52. The first-order valence-corrected chi connectivity index (χ1v) is 7.11.